The second-order valence-electron chi connectivity index (χ2n) is 8.50. The highest BCUT2D eigenvalue weighted by Gasteiger charge is 2.35. The summed E-state index contributed by atoms with van der Waals surface area (Å²) >= 11 is 0. The van der Waals surface area contributed by atoms with E-state index in [2.05, 4.69) is 17.2 Å². The fraction of sp³-hybridized carbons (Fsp3) is 0.280. The number of hydrogen-bond acceptors (Lipinski definition) is 10. The molecule has 5 heterocycles. The number of carbonyl (C=O) groups excluding carboxylic acids is 2. The Morgan fingerprint density at radius 3 is 2.84 bits per heavy atom. The normalized spacial score (nSPS) is 16.4. The van der Waals surface area contributed by atoms with Crippen molar-refractivity contribution in [3.8, 4) is 34.7 Å². The van der Waals surface area contributed by atoms with E-state index in [1.807, 2.05) is 0 Å². The summed E-state index contributed by atoms with van der Waals surface area (Å²) in [4.78, 5) is 41.3. The Morgan fingerprint density at radius 1 is 1.22 bits per heavy atom. The third-order valence-corrected chi connectivity index (χ3v) is 6.39. The van der Waals surface area contributed by atoms with Gasteiger partial charge in [-0.1, -0.05) is 11.8 Å². The minimum atomic E-state index is -1.54. The van der Waals surface area contributed by atoms with Crippen molar-refractivity contribution in [1.29, 1.82) is 0 Å². The number of carbonyl (C=O) groups is 2. The summed E-state index contributed by atoms with van der Waals surface area (Å²) in [7, 11) is 0. The molecule has 12 nitrogen and oxygen atoms in total. The SMILES string of the molecule is NCC(=O)NCOCC#Cc1c2c(nc3cc4c(cc13)OCO4)-c1cc3c(c(=O)n1C2)COC(=O)[C@H]3O. The lowest BCUT2D eigenvalue weighted by atomic mass is 9.98. The quantitative estimate of drug-likeness (QED) is 0.145. The summed E-state index contributed by atoms with van der Waals surface area (Å²) in [6.45, 7) is -0.0686. The van der Waals surface area contributed by atoms with Gasteiger partial charge in [0.2, 0.25) is 12.7 Å². The molecular formula is C25H20N4O8. The standard InChI is InChI=1S/C25H20N4O8/c26-7-21(30)27-10-34-3-1-2-12-13-5-19-20(37-11-36-19)6-17(13)28-22-15(12)8-29-18(22)4-14-16(24(29)32)9-35-25(33)23(14)31/h4-6,23,31H,3,7-11,26H2,(H,27,30)/t23-/m0/s1. The smallest absolute Gasteiger partial charge is 0.340 e. The molecule has 3 aromatic rings. The summed E-state index contributed by atoms with van der Waals surface area (Å²) in [6, 6.07) is 5.15. The first kappa shape index (κ1) is 23.0. The van der Waals surface area contributed by atoms with Crippen molar-refractivity contribution in [3.05, 3.63) is 50.8 Å². The molecule has 3 aliphatic heterocycles. The van der Waals surface area contributed by atoms with Crippen LogP contribution in [0.3, 0.4) is 0 Å². The lowest BCUT2D eigenvalue weighted by Gasteiger charge is -2.21. The third kappa shape index (κ3) is 3.77. The van der Waals surface area contributed by atoms with E-state index >= 15 is 0 Å². The summed E-state index contributed by atoms with van der Waals surface area (Å²) < 4.78 is 22.9. The van der Waals surface area contributed by atoms with Crippen LogP contribution < -0.4 is 26.1 Å². The van der Waals surface area contributed by atoms with Gasteiger partial charge in [0, 0.05) is 28.1 Å². The van der Waals surface area contributed by atoms with E-state index in [0.717, 1.165) is 0 Å². The molecule has 0 unspecified atom stereocenters. The molecule has 0 aliphatic carbocycles. The van der Waals surface area contributed by atoms with Crippen LogP contribution in [0.25, 0.3) is 22.3 Å². The topological polar surface area (TPSA) is 164 Å². The number of fused-ring (bicyclic) bond motifs is 6. The minimum Gasteiger partial charge on any atom is -0.458 e. The number of hydrogen-bond donors (Lipinski definition) is 3. The minimum absolute atomic E-state index is 0.0286. The van der Waals surface area contributed by atoms with E-state index in [4.69, 9.17) is 29.7 Å². The second-order valence-corrected chi connectivity index (χ2v) is 8.50. The predicted molar refractivity (Wildman–Crippen MR) is 126 cm³/mol. The zero-order valence-corrected chi connectivity index (χ0v) is 19.3. The molecule has 1 amide bonds. The molecule has 1 aromatic carbocycles. The number of amides is 1. The van der Waals surface area contributed by atoms with Crippen molar-refractivity contribution >= 4 is 22.8 Å². The monoisotopic (exact) mass is 504 g/mol. The van der Waals surface area contributed by atoms with E-state index in [1.54, 1.807) is 18.2 Å². The average molecular weight is 504 g/mol. The van der Waals surface area contributed by atoms with Crippen molar-refractivity contribution in [3.63, 3.8) is 0 Å². The van der Waals surface area contributed by atoms with Gasteiger partial charge in [-0.2, -0.15) is 0 Å². The largest absolute Gasteiger partial charge is 0.458 e. The molecule has 188 valence electrons. The van der Waals surface area contributed by atoms with Gasteiger partial charge in [0.25, 0.3) is 5.56 Å². The summed E-state index contributed by atoms with van der Waals surface area (Å²) in [5.74, 6) is 6.02. The Kier molecular flexibility index (Phi) is 5.53. The number of nitrogens with zero attached hydrogens (tertiary/aromatic N) is 2. The zero-order chi connectivity index (χ0) is 25.7. The van der Waals surface area contributed by atoms with Crippen LogP contribution in [0.15, 0.2) is 23.0 Å². The van der Waals surface area contributed by atoms with Gasteiger partial charge in [0.05, 0.1) is 35.6 Å². The van der Waals surface area contributed by atoms with Crippen LogP contribution >= 0.6 is 0 Å². The molecule has 6 rings (SSSR count). The maximum atomic E-state index is 13.3. The number of ether oxygens (including phenoxy) is 4. The number of aliphatic hydroxyl groups is 1. The van der Waals surface area contributed by atoms with Crippen LogP contribution in [0.1, 0.15) is 28.4 Å². The van der Waals surface area contributed by atoms with Crippen molar-refractivity contribution in [2.24, 2.45) is 5.73 Å². The summed E-state index contributed by atoms with van der Waals surface area (Å²) in [5.41, 5.74) is 8.21. The van der Waals surface area contributed by atoms with Gasteiger partial charge in [-0.3, -0.25) is 9.59 Å². The molecule has 0 fully saturated rings. The molecule has 1 atom stereocenters. The van der Waals surface area contributed by atoms with Crippen LogP contribution in [0, 0.1) is 11.8 Å². The van der Waals surface area contributed by atoms with Gasteiger partial charge in [-0.15, -0.1) is 0 Å². The van der Waals surface area contributed by atoms with Crippen LogP contribution in [0.5, 0.6) is 11.5 Å². The first-order valence-electron chi connectivity index (χ1n) is 11.4. The van der Waals surface area contributed by atoms with Gasteiger partial charge in [0.1, 0.15) is 19.9 Å². The van der Waals surface area contributed by atoms with E-state index in [0.29, 0.717) is 44.9 Å². The molecule has 4 N–H and O–H groups in total. The Bertz CT molecular complexity index is 1620. The highest BCUT2D eigenvalue weighted by Crippen LogP contribution is 2.41. The van der Waals surface area contributed by atoms with E-state index < -0.39 is 12.1 Å². The van der Waals surface area contributed by atoms with Crippen molar-refractivity contribution in [2.45, 2.75) is 19.3 Å². The van der Waals surface area contributed by atoms with Gasteiger partial charge in [-0.25, -0.2) is 9.78 Å². The Balaban J connectivity index is 1.46. The first-order chi connectivity index (χ1) is 18.0. The molecule has 2 aromatic heterocycles. The fourth-order valence-electron chi connectivity index (χ4n) is 4.59. The Hall–Kier alpha value is -4.44. The van der Waals surface area contributed by atoms with Gasteiger partial charge in [-0.05, 0) is 12.1 Å². The molecule has 0 spiro atoms. The summed E-state index contributed by atoms with van der Waals surface area (Å²) in [6.07, 6.45) is -1.54. The maximum absolute atomic E-state index is 13.3. The fourth-order valence-corrected chi connectivity index (χ4v) is 4.59. The van der Waals surface area contributed by atoms with Crippen LogP contribution in [-0.4, -0.2) is 53.2 Å². The van der Waals surface area contributed by atoms with E-state index in [1.165, 1.54) is 4.57 Å². The van der Waals surface area contributed by atoms with E-state index in [9.17, 15) is 19.5 Å². The lowest BCUT2D eigenvalue weighted by molar-refractivity contribution is -0.157. The predicted octanol–water partition coefficient (Wildman–Crippen LogP) is -0.355. The third-order valence-electron chi connectivity index (χ3n) is 6.39. The Labute approximate surface area is 208 Å². The molecule has 0 radical (unpaired) electrons. The number of rotatable bonds is 4. The molecule has 0 saturated carbocycles. The molecule has 37 heavy (non-hydrogen) atoms. The second kappa shape index (κ2) is 8.90. The first-order valence-corrected chi connectivity index (χ1v) is 11.4. The number of esters is 1. The number of nitrogens with two attached hydrogens (primary N) is 1. The number of aromatic nitrogens is 2. The number of pyridine rings is 2. The van der Waals surface area contributed by atoms with E-state index in [-0.39, 0.29) is 62.4 Å². The molecule has 0 bridgehead atoms. The number of nitrogens with one attached hydrogen (secondary N) is 1. The Morgan fingerprint density at radius 2 is 2.03 bits per heavy atom. The van der Waals surface area contributed by atoms with Crippen LogP contribution in [0.4, 0.5) is 0 Å². The van der Waals surface area contributed by atoms with Crippen molar-refractivity contribution in [2.75, 3.05) is 26.7 Å². The van der Waals surface area contributed by atoms with Gasteiger partial charge in [0.15, 0.2) is 17.6 Å². The van der Waals surface area contributed by atoms with Gasteiger partial charge >= 0.3 is 5.97 Å². The average Bonchev–Trinajstić information content (AvgIpc) is 3.51. The van der Waals surface area contributed by atoms with Crippen molar-refractivity contribution < 1.29 is 33.6 Å². The number of cyclic esters (lactones) is 1. The number of aliphatic hydroxyl groups excluding tert-OH is 1. The zero-order valence-electron chi connectivity index (χ0n) is 19.3. The van der Waals surface area contributed by atoms with Crippen LogP contribution in [-0.2, 0) is 32.2 Å². The number of benzene rings is 1. The molecular weight excluding hydrogens is 484 g/mol. The van der Waals surface area contributed by atoms with Crippen LogP contribution in [0.2, 0.25) is 0 Å². The van der Waals surface area contributed by atoms with Gasteiger partial charge < -0.3 is 39.7 Å². The van der Waals surface area contributed by atoms with Crippen molar-refractivity contribution in [1.82, 2.24) is 14.9 Å². The molecule has 0 saturated heterocycles. The lowest BCUT2D eigenvalue weighted by Crippen LogP contribution is -2.32. The molecule has 3 aliphatic rings. The highest BCUT2D eigenvalue weighted by molar-refractivity contribution is 5.93. The molecule has 12 heteroatoms. The highest BCUT2D eigenvalue weighted by atomic mass is 16.7. The maximum Gasteiger partial charge on any atom is 0.340 e. The summed E-state index contributed by atoms with van der Waals surface area (Å²) in [5, 5.41) is 13.6.